The molecule has 2 aliphatic rings. The first-order valence-corrected chi connectivity index (χ1v) is 13.9. The van der Waals surface area contributed by atoms with Gasteiger partial charge < -0.3 is 30.0 Å². The number of carbonyl (C=O) groups excluding carboxylic acids is 3. The lowest BCUT2D eigenvalue weighted by atomic mass is 9.79. The average molecular weight is 563 g/mol. The van der Waals surface area contributed by atoms with E-state index in [-0.39, 0.29) is 24.4 Å². The summed E-state index contributed by atoms with van der Waals surface area (Å²) in [6.45, 7) is 7.83. The molecule has 2 amide bonds. The Hall–Kier alpha value is -3.28. The van der Waals surface area contributed by atoms with Crippen LogP contribution >= 0.6 is 0 Å². The van der Waals surface area contributed by atoms with Crippen molar-refractivity contribution in [3.63, 3.8) is 0 Å². The molecule has 0 spiro atoms. The third kappa shape index (κ3) is 9.65. The highest BCUT2D eigenvalue weighted by molar-refractivity contribution is 6.62. The number of hydrogen-bond acceptors (Lipinski definition) is 8. The van der Waals surface area contributed by atoms with Crippen molar-refractivity contribution in [1.82, 2.24) is 15.5 Å². The lowest BCUT2D eigenvalue weighted by Crippen LogP contribution is -2.44. The largest absolute Gasteiger partial charge is 0.491 e. The molecule has 2 aliphatic heterocycles. The Morgan fingerprint density at radius 1 is 1.02 bits per heavy atom. The molecule has 41 heavy (non-hydrogen) atoms. The average Bonchev–Trinajstić information content (AvgIpc) is 3.54. The molecule has 0 saturated heterocycles. The fourth-order valence-electron chi connectivity index (χ4n) is 4.42. The number of amides is 2. The van der Waals surface area contributed by atoms with Gasteiger partial charge in [0.2, 0.25) is 5.91 Å². The van der Waals surface area contributed by atoms with Gasteiger partial charge in [-0.15, -0.1) is 6.58 Å². The van der Waals surface area contributed by atoms with E-state index in [0.29, 0.717) is 48.4 Å². The molecule has 4 N–H and O–H groups in total. The van der Waals surface area contributed by atoms with Crippen LogP contribution in [0.25, 0.3) is 0 Å². The number of likely N-dealkylation sites (N-methyl/N-ethyl adjacent to an activating group) is 1. The van der Waals surface area contributed by atoms with Gasteiger partial charge in [0.25, 0.3) is 5.91 Å². The van der Waals surface area contributed by atoms with E-state index in [1.165, 1.54) is 0 Å². The summed E-state index contributed by atoms with van der Waals surface area (Å²) >= 11 is 0. The summed E-state index contributed by atoms with van der Waals surface area (Å²) in [7, 11) is 0.0343. The number of unbranched alkanes of at least 4 members (excludes halogenated alkanes) is 3. The van der Waals surface area contributed by atoms with Crippen molar-refractivity contribution < 1.29 is 33.7 Å². The lowest BCUT2D eigenvalue weighted by molar-refractivity contribution is -0.122. The topological polar surface area (TPSA) is 137 Å². The number of benzene rings is 2. The van der Waals surface area contributed by atoms with Crippen LogP contribution in [-0.2, 0) is 27.3 Å². The van der Waals surface area contributed by atoms with Gasteiger partial charge in [0.1, 0.15) is 6.29 Å². The molecule has 4 rings (SSSR count). The van der Waals surface area contributed by atoms with E-state index in [1.807, 2.05) is 24.9 Å². The number of nitrogens with one attached hydrogen (secondary N) is 2. The van der Waals surface area contributed by atoms with Crippen molar-refractivity contribution in [1.29, 1.82) is 0 Å². The Balaban J connectivity index is 0.000000317. The quantitative estimate of drug-likeness (QED) is 0.120. The van der Waals surface area contributed by atoms with Crippen LogP contribution in [0.1, 0.15) is 64.4 Å². The Morgan fingerprint density at radius 2 is 1.68 bits per heavy atom. The summed E-state index contributed by atoms with van der Waals surface area (Å²) in [5.74, 6) is -0.224. The van der Waals surface area contributed by atoms with E-state index >= 15 is 0 Å². The zero-order valence-electron chi connectivity index (χ0n) is 23.8. The van der Waals surface area contributed by atoms with E-state index < -0.39 is 14.2 Å². The van der Waals surface area contributed by atoms with Crippen LogP contribution in [0.15, 0.2) is 49.1 Å². The molecule has 0 aromatic heterocycles. The van der Waals surface area contributed by atoms with Crippen LogP contribution in [0, 0.1) is 0 Å². The third-order valence-electron chi connectivity index (χ3n) is 7.15. The van der Waals surface area contributed by atoms with Gasteiger partial charge in [0.15, 0.2) is 0 Å². The smallest absolute Gasteiger partial charge is 0.423 e. The fourth-order valence-corrected chi connectivity index (χ4v) is 4.42. The molecule has 2 aromatic carbocycles. The van der Waals surface area contributed by atoms with Crippen LogP contribution in [0.2, 0.25) is 0 Å². The lowest BCUT2D eigenvalue weighted by Gasteiger charge is -2.24. The summed E-state index contributed by atoms with van der Waals surface area (Å²) in [6, 6.07) is 10.4. The molecule has 218 valence electrons. The number of carbonyl (C=O) groups is 3. The highest BCUT2D eigenvalue weighted by Crippen LogP contribution is 2.12. The molecule has 0 radical (unpaired) electrons. The first-order chi connectivity index (χ1) is 19.7. The SMILES string of the molecule is C=CCCCCCNC(=O)CN(C)C(C)CNC(=O)c1ccc2c(c1)B(O)OC2.O=Cc1ccc2c(c1)B(O)OC2. The molecule has 0 saturated carbocycles. The minimum atomic E-state index is -0.969. The molecule has 2 aromatic rings. The van der Waals surface area contributed by atoms with E-state index in [0.717, 1.165) is 43.1 Å². The first kappa shape index (κ1) is 32.2. The molecule has 2 heterocycles. The summed E-state index contributed by atoms with van der Waals surface area (Å²) < 4.78 is 10.1. The van der Waals surface area contributed by atoms with Gasteiger partial charge in [-0.25, -0.2) is 0 Å². The highest BCUT2D eigenvalue weighted by Gasteiger charge is 2.28. The van der Waals surface area contributed by atoms with Crippen LogP contribution < -0.4 is 21.6 Å². The van der Waals surface area contributed by atoms with Gasteiger partial charge in [0, 0.05) is 30.3 Å². The molecular formula is C29H39B2N3O7. The monoisotopic (exact) mass is 563 g/mol. The number of rotatable bonds is 13. The van der Waals surface area contributed by atoms with Crippen molar-refractivity contribution in [2.24, 2.45) is 0 Å². The number of aldehydes is 1. The third-order valence-corrected chi connectivity index (χ3v) is 7.15. The van der Waals surface area contributed by atoms with Crippen molar-refractivity contribution in [3.8, 4) is 0 Å². The summed E-state index contributed by atoms with van der Waals surface area (Å²) in [5, 5.41) is 24.9. The van der Waals surface area contributed by atoms with E-state index in [9.17, 15) is 24.4 Å². The fraction of sp³-hybridized carbons (Fsp3) is 0.414. The Morgan fingerprint density at radius 3 is 2.34 bits per heavy atom. The maximum Gasteiger partial charge on any atom is 0.491 e. The van der Waals surface area contributed by atoms with Gasteiger partial charge in [-0.2, -0.15) is 0 Å². The van der Waals surface area contributed by atoms with Crippen molar-refractivity contribution >= 4 is 43.3 Å². The second-order valence-electron chi connectivity index (χ2n) is 10.3. The van der Waals surface area contributed by atoms with Crippen molar-refractivity contribution in [3.05, 3.63) is 71.3 Å². The van der Waals surface area contributed by atoms with Gasteiger partial charge in [-0.3, -0.25) is 19.3 Å². The van der Waals surface area contributed by atoms with E-state index in [4.69, 9.17) is 9.31 Å². The van der Waals surface area contributed by atoms with Crippen LogP contribution in [0.5, 0.6) is 0 Å². The molecule has 1 unspecified atom stereocenters. The van der Waals surface area contributed by atoms with Crippen LogP contribution in [0.4, 0.5) is 0 Å². The number of allylic oxidation sites excluding steroid dienone is 1. The number of nitrogens with zero attached hydrogens (tertiary/aromatic N) is 1. The van der Waals surface area contributed by atoms with Gasteiger partial charge >= 0.3 is 14.2 Å². The van der Waals surface area contributed by atoms with Crippen molar-refractivity contribution in [2.75, 3.05) is 26.7 Å². The van der Waals surface area contributed by atoms with Crippen molar-refractivity contribution in [2.45, 2.75) is 51.9 Å². The van der Waals surface area contributed by atoms with Gasteiger partial charge in [-0.1, -0.05) is 36.8 Å². The minimum absolute atomic E-state index is 0.000595. The van der Waals surface area contributed by atoms with E-state index in [1.54, 1.807) is 36.4 Å². The Bertz CT molecular complexity index is 1210. The zero-order valence-corrected chi connectivity index (χ0v) is 23.8. The second-order valence-corrected chi connectivity index (χ2v) is 10.3. The van der Waals surface area contributed by atoms with Gasteiger partial charge in [0.05, 0.1) is 19.8 Å². The maximum absolute atomic E-state index is 12.4. The molecular weight excluding hydrogens is 524 g/mol. The molecule has 10 nitrogen and oxygen atoms in total. The zero-order chi connectivity index (χ0) is 29.8. The molecule has 1 atom stereocenters. The number of hydrogen-bond donors (Lipinski definition) is 4. The predicted molar refractivity (Wildman–Crippen MR) is 159 cm³/mol. The standard InChI is InChI=1S/C21H32BN3O4.C8H7BO3/c1-4-5-6-7-8-11-23-20(26)14-25(3)16(2)13-24-21(27)17-9-10-18-15-29-22(28)19(18)12-17;10-4-6-1-2-7-5-12-9(11)8(7)3-6/h4,9-10,12,16,28H,1,5-8,11,13-15H2,2-3H3,(H,23,26)(H,24,27);1-4,11H,5H2. The summed E-state index contributed by atoms with van der Waals surface area (Å²) in [6.07, 6.45) is 6.83. The van der Waals surface area contributed by atoms with Gasteiger partial charge in [-0.05, 0) is 67.4 Å². The summed E-state index contributed by atoms with van der Waals surface area (Å²) in [5.41, 5.74) is 4.25. The highest BCUT2D eigenvalue weighted by atomic mass is 16.5. The summed E-state index contributed by atoms with van der Waals surface area (Å²) in [4.78, 5) is 36.8. The Labute approximate surface area is 242 Å². The normalized spacial score (nSPS) is 14.1. The maximum atomic E-state index is 12.4. The molecule has 0 bridgehead atoms. The predicted octanol–water partition coefficient (Wildman–Crippen LogP) is 0.534. The molecule has 0 fully saturated rings. The van der Waals surface area contributed by atoms with Crippen LogP contribution in [0.3, 0.4) is 0 Å². The second kappa shape index (κ2) is 16.2. The Kier molecular flexibility index (Phi) is 12.8. The minimum Gasteiger partial charge on any atom is -0.423 e. The van der Waals surface area contributed by atoms with Crippen LogP contribution in [-0.4, -0.2) is 80.0 Å². The number of fused-ring (bicyclic) bond motifs is 2. The molecule has 12 heteroatoms. The molecule has 0 aliphatic carbocycles. The first-order valence-electron chi connectivity index (χ1n) is 13.9. The van der Waals surface area contributed by atoms with E-state index in [2.05, 4.69) is 17.2 Å².